The zero-order valence-corrected chi connectivity index (χ0v) is 15.7. The predicted octanol–water partition coefficient (Wildman–Crippen LogP) is 2.20. The molecule has 2 unspecified atom stereocenters. The molecule has 0 spiro atoms. The van der Waals surface area contributed by atoms with Crippen molar-refractivity contribution >= 4 is 17.7 Å². The lowest BCUT2D eigenvalue weighted by molar-refractivity contribution is -0.130. The van der Waals surface area contributed by atoms with Gasteiger partial charge in [0.25, 0.3) is 5.56 Å². The fraction of sp³-hybridized carbons (Fsp3) is 0.706. The zero-order chi connectivity index (χ0) is 17.9. The monoisotopic (exact) mass is 353 g/mol. The molecule has 2 rings (SSSR count). The smallest absolute Gasteiger partial charge is 0.257 e. The minimum Gasteiger partial charge on any atom is -0.493 e. The van der Waals surface area contributed by atoms with Crippen molar-refractivity contribution in [1.82, 2.24) is 14.5 Å². The highest BCUT2D eigenvalue weighted by atomic mass is 32.2. The summed E-state index contributed by atoms with van der Waals surface area (Å²) in [7, 11) is 0. The molecule has 6 nitrogen and oxygen atoms in total. The van der Waals surface area contributed by atoms with Gasteiger partial charge in [0.2, 0.25) is 11.8 Å². The van der Waals surface area contributed by atoms with Crippen LogP contribution in [0.1, 0.15) is 34.1 Å². The Labute approximate surface area is 147 Å². The third-order valence-electron chi connectivity index (χ3n) is 4.05. The summed E-state index contributed by atoms with van der Waals surface area (Å²) in [4.78, 5) is 30.5. The minimum absolute atomic E-state index is 0.0621. The van der Waals surface area contributed by atoms with Crippen LogP contribution in [-0.4, -0.2) is 44.3 Å². The Kier molecular flexibility index (Phi) is 6.32. The highest BCUT2D eigenvalue weighted by Gasteiger charge is 2.25. The standard InChI is InChI=1S/C17H27N3O3S/c1-11(2)7-20-15(22)6-14(21)18-17(20)24-10-16(23)19-8-12(3)5-13(4)9-19/h6,11-13,21H,5,7-10H2,1-4H3. The average molecular weight is 353 g/mol. The number of likely N-dealkylation sites (tertiary alicyclic amines) is 1. The number of aromatic nitrogens is 2. The highest BCUT2D eigenvalue weighted by molar-refractivity contribution is 7.99. The van der Waals surface area contributed by atoms with Gasteiger partial charge >= 0.3 is 0 Å². The summed E-state index contributed by atoms with van der Waals surface area (Å²) in [5, 5.41) is 10.0. The summed E-state index contributed by atoms with van der Waals surface area (Å²) in [6.07, 6.45) is 1.15. The number of nitrogens with zero attached hydrogens (tertiary/aromatic N) is 3. The molecule has 1 aromatic heterocycles. The van der Waals surface area contributed by atoms with Crippen molar-refractivity contribution in [2.75, 3.05) is 18.8 Å². The number of hydrogen-bond donors (Lipinski definition) is 1. The van der Waals surface area contributed by atoms with E-state index in [-0.39, 0.29) is 29.0 Å². The van der Waals surface area contributed by atoms with E-state index >= 15 is 0 Å². The van der Waals surface area contributed by atoms with Gasteiger partial charge in [0.15, 0.2) is 5.16 Å². The Morgan fingerprint density at radius 3 is 2.58 bits per heavy atom. The number of hydrogen-bond acceptors (Lipinski definition) is 5. The van der Waals surface area contributed by atoms with E-state index < -0.39 is 0 Å². The summed E-state index contributed by atoms with van der Waals surface area (Å²) >= 11 is 1.22. The first kappa shape index (κ1) is 18.8. The Morgan fingerprint density at radius 1 is 1.38 bits per heavy atom. The first-order valence-electron chi connectivity index (χ1n) is 8.47. The molecule has 0 aliphatic carbocycles. The second kappa shape index (κ2) is 8.05. The minimum atomic E-state index is -0.296. The molecule has 2 atom stereocenters. The van der Waals surface area contributed by atoms with Crippen LogP contribution in [0, 0.1) is 17.8 Å². The Morgan fingerprint density at radius 2 is 2.00 bits per heavy atom. The summed E-state index contributed by atoms with van der Waals surface area (Å²) in [6, 6.07) is 1.11. The number of aromatic hydroxyl groups is 1. The zero-order valence-electron chi connectivity index (χ0n) is 14.9. The molecule has 24 heavy (non-hydrogen) atoms. The molecule has 1 aliphatic heterocycles. The van der Waals surface area contributed by atoms with Gasteiger partial charge in [0.05, 0.1) is 11.8 Å². The van der Waals surface area contributed by atoms with Gasteiger partial charge in [0, 0.05) is 19.6 Å². The fourth-order valence-electron chi connectivity index (χ4n) is 3.20. The number of rotatable bonds is 5. The number of amides is 1. The van der Waals surface area contributed by atoms with Gasteiger partial charge in [-0.15, -0.1) is 0 Å². The summed E-state index contributed by atoms with van der Waals surface area (Å²) in [6.45, 7) is 10.4. The molecule has 134 valence electrons. The van der Waals surface area contributed by atoms with E-state index in [0.717, 1.165) is 25.6 Å². The Bertz CT molecular complexity index is 634. The first-order valence-corrected chi connectivity index (χ1v) is 9.46. The molecule has 2 heterocycles. The van der Waals surface area contributed by atoms with Crippen LogP contribution in [0.2, 0.25) is 0 Å². The van der Waals surface area contributed by atoms with Gasteiger partial charge in [-0.05, 0) is 24.2 Å². The lowest BCUT2D eigenvalue weighted by atomic mass is 9.92. The molecular formula is C17H27N3O3S. The topological polar surface area (TPSA) is 75.4 Å². The van der Waals surface area contributed by atoms with E-state index in [9.17, 15) is 14.7 Å². The van der Waals surface area contributed by atoms with E-state index in [4.69, 9.17) is 0 Å². The van der Waals surface area contributed by atoms with Crippen molar-refractivity contribution in [2.24, 2.45) is 17.8 Å². The molecule has 0 radical (unpaired) electrons. The van der Waals surface area contributed by atoms with Crippen LogP contribution < -0.4 is 5.56 Å². The summed E-state index contributed by atoms with van der Waals surface area (Å²) < 4.78 is 1.53. The molecule has 0 bridgehead atoms. The van der Waals surface area contributed by atoms with E-state index in [0.29, 0.717) is 23.5 Å². The van der Waals surface area contributed by atoms with Crippen molar-refractivity contribution in [1.29, 1.82) is 0 Å². The van der Waals surface area contributed by atoms with Crippen LogP contribution in [0.4, 0.5) is 0 Å². The third kappa shape index (κ3) is 5.00. The van der Waals surface area contributed by atoms with Crippen molar-refractivity contribution in [2.45, 2.75) is 45.8 Å². The molecule has 1 amide bonds. The molecule has 1 aliphatic rings. The molecule has 1 saturated heterocycles. The van der Waals surface area contributed by atoms with E-state index in [1.165, 1.54) is 16.3 Å². The van der Waals surface area contributed by atoms with Gasteiger partial charge < -0.3 is 10.0 Å². The molecular weight excluding hydrogens is 326 g/mol. The normalized spacial score (nSPS) is 21.3. The summed E-state index contributed by atoms with van der Waals surface area (Å²) in [5.74, 6) is 1.30. The summed E-state index contributed by atoms with van der Waals surface area (Å²) in [5.41, 5.74) is -0.286. The van der Waals surface area contributed by atoms with Gasteiger partial charge in [0.1, 0.15) is 0 Å². The predicted molar refractivity (Wildman–Crippen MR) is 95.2 cm³/mol. The maximum absolute atomic E-state index is 12.5. The number of thioether (sulfide) groups is 1. The molecule has 1 N–H and O–H groups in total. The third-order valence-corrected chi connectivity index (χ3v) is 5.01. The maximum Gasteiger partial charge on any atom is 0.257 e. The lowest BCUT2D eigenvalue weighted by Crippen LogP contribution is -2.43. The maximum atomic E-state index is 12.5. The van der Waals surface area contributed by atoms with Gasteiger partial charge in [-0.1, -0.05) is 39.5 Å². The fourth-order valence-corrected chi connectivity index (χ4v) is 4.11. The molecule has 0 saturated carbocycles. The van der Waals surface area contributed by atoms with Crippen molar-refractivity contribution in [3.63, 3.8) is 0 Å². The van der Waals surface area contributed by atoms with Crippen LogP contribution in [0.5, 0.6) is 5.88 Å². The largest absolute Gasteiger partial charge is 0.493 e. The van der Waals surface area contributed by atoms with E-state index in [2.05, 4.69) is 18.8 Å². The SMILES string of the molecule is CC(C)Cn1c(SCC(=O)N2CC(C)CC(C)C2)nc(O)cc1=O. The van der Waals surface area contributed by atoms with Crippen molar-refractivity contribution in [3.8, 4) is 5.88 Å². The number of carbonyl (C=O) groups is 1. The van der Waals surface area contributed by atoms with Crippen LogP contribution in [-0.2, 0) is 11.3 Å². The number of piperidine rings is 1. The molecule has 7 heteroatoms. The molecule has 1 aromatic rings. The lowest BCUT2D eigenvalue weighted by Gasteiger charge is -2.35. The highest BCUT2D eigenvalue weighted by Crippen LogP contribution is 2.23. The molecule has 0 aromatic carbocycles. The first-order chi connectivity index (χ1) is 11.3. The van der Waals surface area contributed by atoms with Crippen LogP contribution in [0.15, 0.2) is 16.0 Å². The van der Waals surface area contributed by atoms with Crippen LogP contribution in [0.3, 0.4) is 0 Å². The van der Waals surface area contributed by atoms with Gasteiger partial charge in [-0.2, -0.15) is 4.98 Å². The van der Waals surface area contributed by atoms with E-state index in [1.807, 2.05) is 18.7 Å². The Hall–Kier alpha value is -1.50. The molecule has 1 fully saturated rings. The van der Waals surface area contributed by atoms with Crippen LogP contribution in [0.25, 0.3) is 0 Å². The van der Waals surface area contributed by atoms with Crippen LogP contribution >= 0.6 is 11.8 Å². The number of carbonyl (C=O) groups excluding carboxylic acids is 1. The average Bonchev–Trinajstić information content (AvgIpc) is 2.46. The second-order valence-electron chi connectivity index (χ2n) is 7.27. The van der Waals surface area contributed by atoms with Gasteiger partial charge in [-0.25, -0.2) is 0 Å². The van der Waals surface area contributed by atoms with E-state index in [1.54, 1.807) is 0 Å². The quantitative estimate of drug-likeness (QED) is 0.649. The van der Waals surface area contributed by atoms with Gasteiger partial charge in [-0.3, -0.25) is 14.2 Å². The Balaban J connectivity index is 2.08. The van der Waals surface area contributed by atoms with Crippen molar-refractivity contribution in [3.05, 3.63) is 16.4 Å². The second-order valence-corrected chi connectivity index (χ2v) is 8.22. The van der Waals surface area contributed by atoms with Crippen molar-refractivity contribution < 1.29 is 9.90 Å².